The molecule has 0 N–H and O–H groups in total. The Balaban J connectivity index is 0.000000151. The van der Waals surface area contributed by atoms with Crippen LogP contribution >= 0.6 is 0 Å². The van der Waals surface area contributed by atoms with Crippen LogP contribution in [-0.4, -0.2) is 19.9 Å². The van der Waals surface area contributed by atoms with Gasteiger partial charge in [0.05, 0.1) is 11.2 Å². The molecule has 0 spiro atoms. The number of nitrogens with zero attached hydrogens (tertiary/aromatic N) is 4. The number of aromatic nitrogens is 4. The van der Waals surface area contributed by atoms with Crippen molar-refractivity contribution in [1.82, 2.24) is 19.9 Å². The van der Waals surface area contributed by atoms with E-state index in [2.05, 4.69) is 68.5 Å². The molecule has 3 aromatic heterocycles. The summed E-state index contributed by atoms with van der Waals surface area (Å²) in [5.74, 6) is 0. The zero-order valence-corrected chi connectivity index (χ0v) is 15.9. The Morgan fingerprint density at radius 2 is 1.39 bits per heavy atom. The molecule has 0 amide bonds. The first-order chi connectivity index (χ1) is 13.7. The number of fused-ring (bicyclic) bond motifs is 2. The van der Waals surface area contributed by atoms with Crippen LogP contribution in [0.1, 0.15) is 11.4 Å². The molecule has 0 aliphatic heterocycles. The topological polar surface area (TPSA) is 51.6 Å². The van der Waals surface area contributed by atoms with Crippen LogP contribution in [0, 0.1) is 13.8 Å². The van der Waals surface area contributed by atoms with Crippen LogP contribution in [0.3, 0.4) is 0 Å². The van der Waals surface area contributed by atoms with Gasteiger partial charge in [0.2, 0.25) is 0 Å². The third kappa shape index (κ3) is 3.86. The zero-order chi connectivity index (χ0) is 19.3. The Morgan fingerprint density at radius 3 is 2.25 bits per heavy atom. The molecule has 0 fully saturated rings. The van der Waals surface area contributed by atoms with Gasteiger partial charge in [-0.25, -0.2) is 9.97 Å². The van der Waals surface area contributed by atoms with Crippen molar-refractivity contribution in [2.24, 2.45) is 0 Å². The second kappa shape index (κ2) is 7.92. The number of aryl methyl sites for hydroxylation is 2. The lowest BCUT2D eigenvalue weighted by Crippen LogP contribution is -1.88. The average Bonchev–Trinajstić information content (AvgIpc) is 2.74. The lowest BCUT2D eigenvalue weighted by atomic mass is 10.0. The van der Waals surface area contributed by atoms with E-state index in [1.54, 1.807) is 12.4 Å². The van der Waals surface area contributed by atoms with Crippen molar-refractivity contribution < 1.29 is 0 Å². The predicted octanol–water partition coefficient (Wildman–Crippen LogP) is 5.54. The summed E-state index contributed by atoms with van der Waals surface area (Å²) in [6.07, 6.45) is 3.46. The molecule has 136 valence electrons. The monoisotopic (exact) mass is 364 g/mol. The molecule has 0 saturated heterocycles. The summed E-state index contributed by atoms with van der Waals surface area (Å²) in [6, 6.07) is 24.6. The van der Waals surface area contributed by atoms with Gasteiger partial charge >= 0.3 is 0 Å². The average molecular weight is 364 g/mol. The van der Waals surface area contributed by atoms with Crippen molar-refractivity contribution in [3.63, 3.8) is 0 Å². The van der Waals surface area contributed by atoms with Gasteiger partial charge in [0.15, 0.2) is 5.65 Å². The summed E-state index contributed by atoms with van der Waals surface area (Å²) in [6.45, 7) is 3.94. The van der Waals surface area contributed by atoms with Crippen molar-refractivity contribution in [2.75, 3.05) is 0 Å². The minimum atomic E-state index is 0.715. The molecule has 0 saturated carbocycles. The molecule has 0 bridgehead atoms. The summed E-state index contributed by atoms with van der Waals surface area (Å²) in [7, 11) is 0. The summed E-state index contributed by atoms with van der Waals surface area (Å²) in [5, 5.41) is 1.21. The standard InChI is InChI=1S/C16H13N.C8H7N3/c1-12-11-15(13-7-3-2-4-8-13)14-9-5-6-10-16(14)17-12;1-6-5-10-7-3-2-4-9-8(7)11-6/h2-11H,1H3;2-5H,1H3. The normalized spacial score (nSPS) is 10.5. The second-order valence-corrected chi connectivity index (χ2v) is 6.55. The number of benzene rings is 2. The van der Waals surface area contributed by atoms with Crippen LogP contribution in [-0.2, 0) is 0 Å². The van der Waals surface area contributed by atoms with E-state index < -0.39 is 0 Å². The summed E-state index contributed by atoms with van der Waals surface area (Å²) >= 11 is 0. The lowest BCUT2D eigenvalue weighted by Gasteiger charge is -2.07. The van der Waals surface area contributed by atoms with E-state index in [1.807, 2.05) is 38.1 Å². The molecule has 0 aliphatic rings. The second-order valence-electron chi connectivity index (χ2n) is 6.55. The maximum atomic E-state index is 4.56. The number of hydrogen-bond donors (Lipinski definition) is 0. The van der Waals surface area contributed by atoms with Crippen molar-refractivity contribution >= 4 is 22.1 Å². The van der Waals surface area contributed by atoms with Gasteiger partial charge < -0.3 is 0 Å². The van der Waals surface area contributed by atoms with E-state index in [9.17, 15) is 0 Å². The molecule has 2 aromatic carbocycles. The smallest absolute Gasteiger partial charge is 0.178 e. The molecule has 5 aromatic rings. The van der Waals surface area contributed by atoms with Gasteiger partial charge in [-0.05, 0) is 49.2 Å². The van der Waals surface area contributed by atoms with Crippen LogP contribution in [0.5, 0.6) is 0 Å². The first kappa shape index (κ1) is 17.7. The fraction of sp³-hybridized carbons (Fsp3) is 0.0833. The fourth-order valence-electron chi connectivity index (χ4n) is 3.10. The third-order valence-corrected chi connectivity index (χ3v) is 4.37. The Morgan fingerprint density at radius 1 is 0.643 bits per heavy atom. The molecular formula is C24H20N4. The van der Waals surface area contributed by atoms with Gasteiger partial charge in [-0.3, -0.25) is 9.97 Å². The SMILES string of the molecule is Cc1cc(-c2ccccc2)c2ccccc2n1.Cc1cnc2cccnc2n1. The van der Waals surface area contributed by atoms with Gasteiger partial charge in [0.1, 0.15) is 5.52 Å². The van der Waals surface area contributed by atoms with Crippen molar-refractivity contribution in [1.29, 1.82) is 0 Å². The summed E-state index contributed by atoms with van der Waals surface area (Å²) < 4.78 is 0. The van der Waals surface area contributed by atoms with E-state index >= 15 is 0 Å². The van der Waals surface area contributed by atoms with Crippen molar-refractivity contribution in [3.05, 3.63) is 96.6 Å². The van der Waals surface area contributed by atoms with E-state index in [-0.39, 0.29) is 0 Å². The number of pyridine rings is 2. The van der Waals surface area contributed by atoms with Crippen LogP contribution in [0.25, 0.3) is 33.2 Å². The molecule has 4 nitrogen and oxygen atoms in total. The Hall–Kier alpha value is -3.66. The first-order valence-electron chi connectivity index (χ1n) is 9.17. The minimum absolute atomic E-state index is 0.715. The maximum Gasteiger partial charge on any atom is 0.178 e. The zero-order valence-electron chi connectivity index (χ0n) is 15.9. The molecule has 0 atom stereocenters. The van der Waals surface area contributed by atoms with Gasteiger partial charge in [-0.15, -0.1) is 0 Å². The molecule has 0 aliphatic carbocycles. The van der Waals surface area contributed by atoms with Crippen LogP contribution in [0.4, 0.5) is 0 Å². The Labute approximate surface area is 164 Å². The predicted molar refractivity (Wildman–Crippen MR) is 114 cm³/mol. The first-order valence-corrected chi connectivity index (χ1v) is 9.17. The highest BCUT2D eigenvalue weighted by atomic mass is 14.9. The Kier molecular flexibility index (Phi) is 5.02. The van der Waals surface area contributed by atoms with Crippen molar-refractivity contribution in [3.8, 4) is 11.1 Å². The Bertz CT molecular complexity index is 1230. The van der Waals surface area contributed by atoms with Crippen LogP contribution in [0.15, 0.2) is 85.2 Å². The molecule has 3 heterocycles. The number of rotatable bonds is 1. The lowest BCUT2D eigenvalue weighted by molar-refractivity contribution is 1.15. The highest BCUT2D eigenvalue weighted by Crippen LogP contribution is 2.28. The van der Waals surface area contributed by atoms with Crippen LogP contribution < -0.4 is 0 Å². The molecule has 4 heteroatoms. The van der Waals surface area contributed by atoms with E-state index in [0.717, 1.165) is 22.4 Å². The summed E-state index contributed by atoms with van der Waals surface area (Å²) in [5.41, 5.74) is 7.08. The highest BCUT2D eigenvalue weighted by Gasteiger charge is 2.04. The minimum Gasteiger partial charge on any atom is -0.253 e. The number of para-hydroxylation sites is 1. The van der Waals surface area contributed by atoms with E-state index in [4.69, 9.17) is 0 Å². The molecule has 0 radical (unpaired) electrons. The third-order valence-electron chi connectivity index (χ3n) is 4.37. The van der Waals surface area contributed by atoms with Crippen molar-refractivity contribution in [2.45, 2.75) is 13.8 Å². The van der Waals surface area contributed by atoms with E-state index in [1.165, 1.54) is 16.5 Å². The number of hydrogen-bond acceptors (Lipinski definition) is 4. The van der Waals surface area contributed by atoms with Crippen LogP contribution in [0.2, 0.25) is 0 Å². The molecule has 5 rings (SSSR count). The van der Waals surface area contributed by atoms with Gasteiger partial charge in [0, 0.05) is 23.5 Å². The maximum absolute atomic E-state index is 4.56. The van der Waals surface area contributed by atoms with E-state index in [0.29, 0.717) is 5.65 Å². The van der Waals surface area contributed by atoms with Gasteiger partial charge in [-0.1, -0.05) is 48.5 Å². The molecule has 28 heavy (non-hydrogen) atoms. The molecule has 0 unspecified atom stereocenters. The van der Waals surface area contributed by atoms with Gasteiger partial charge in [-0.2, -0.15) is 0 Å². The fourth-order valence-corrected chi connectivity index (χ4v) is 3.10. The van der Waals surface area contributed by atoms with Gasteiger partial charge in [0.25, 0.3) is 0 Å². The molecular weight excluding hydrogens is 344 g/mol. The summed E-state index contributed by atoms with van der Waals surface area (Å²) in [4.78, 5) is 17.0. The highest BCUT2D eigenvalue weighted by molar-refractivity contribution is 5.94. The quantitative estimate of drug-likeness (QED) is 0.392. The largest absolute Gasteiger partial charge is 0.253 e.